The number of hydrogen-bond acceptors (Lipinski definition) is 22. The highest BCUT2D eigenvalue weighted by Crippen LogP contribution is 2.28. The van der Waals surface area contributed by atoms with Gasteiger partial charge in [-0.15, -0.1) is 0 Å². The Bertz CT molecular complexity index is 5460. The van der Waals surface area contributed by atoms with Crippen molar-refractivity contribution in [2.24, 2.45) is 17.8 Å². The van der Waals surface area contributed by atoms with Crippen molar-refractivity contribution in [1.82, 2.24) is 61.2 Å². The van der Waals surface area contributed by atoms with Crippen LogP contribution in [-0.2, 0) is 75.0 Å². The van der Waals surface area contributed by atoms with Crippen molar-refractivity contribution in [2.45, 2.75) is 170 Å². The Kier molecular flexibility index (Phi) is 58.8. The summed E-state index contributed by atoms with van der Waals surface area (Å²) in [6.07, 6.45) is 0.755. The van der Waals surface area contributed by atoms with Gasteiger partial charge in [-0.3, -0.25) is 19.2 Å². The minimum Gasteiger partial charge on any atom is -0.395 e. The number of halogens is 11. The summed E-state index contributed by atoms with van der Waals surface area (Å²) >= 11 is 5.79. The quantitative estimate of drug-likeness (QED) is 0.0247. The number of hydrogen-bond donors (Lipinski definition) is 6. The van der Waals surface area contributed by atoms with Crippen molar-refractivity contribution in [2.75, 3.05) is 207 Å². The summed E-state index contributed by atoms with van der Waals surface area (Å²) in [6.45, 7) is 30.3. The van der Waals surface area contributed by atoms with E-state index in [4.69, 9.17) is 16.7 Å². The molecule has 0 aromatic heterocycles. The van der Waals surface area contributed by atoms with E-state index in [9.17, 15) is 122 Å². The molecule has 51 heteroatoms. The molecule has 144 heavy (non-hydrogen) atoms. The van der Waals surface area contributed by atoms with Crippen molar-refractivity contribution in [3.05, 3.63) is 164 Å². The lowest BCUT2D eigenvalue weighted by atomic mass is 10.0. The molecule has 4 amide bonds. The second-order valence-electron chi connectivity index (χ2n) is 36.0. The SMILES string of the molecule is CC1CCN(S(=O)(=O)CCC(F)(F)F)CC1.CC1CCN(S(C)(=O)=O)CC1.CCCS(=O)(=O)N1CCC(C)CC1.CCCS(=O)(=O)N1CCN(C)CC1.CN1CCN(S(=O)(=O)CCC(F)(F)F)CC1.CN1CCN(S(C)(=O)=O)CC1.CNC(=O)c1ccc(C)cc1F.CNS(=O)(=O)c1ccc(C)cc1F.Cc1ccc(C(=O)NC2CC2)c(F)c1.Cc1ccc(C(=O)NCCO)c(F)c1.Cc1ccc(NC=O)cc1Cl. The summed E-state index contributed by atoms with van der Waals surface area (Å²) in [4.78, 5) is 49.7. The number of anilines is 1. The Balaban J connectivity index is 0.000000536. The van der Waals surface area contributed by atoms with Crippen LogP contribution in [0.2, 0.25) is 5.02 Å². The molecule has 33 nitrogen and oxygen atoms in total. The smallest absolute Gasteiger partial charge is 0.390 e. The first-order chi connectivity index (χ1) is 66.7. The molecule has 0 bridgehead atoms. The number of sulfonamides is 7. The van der Waals surface area contributed by atoms with Crippen LogP contribution in [0.3, 0.4) is 0 Å². The number of carbonyl (C=O) groups excluding carboxylic acids is 4. The van der Waals surface area contributed by atoms with Crippen LogP contribution in [0.25, 0.3) is 0 Å². The van der Waals surface area contributed by atoms with E-state index in [1.54, 1.807) is 77.0 Å². The molecule has 1 saturated carbocycles. The van der Waals surface area contributed by atoms with Crippen LogP contribution in [0.1, 0.15) is 171 Å². The number of piperidine rings is 3. The molecule has 7 aliphatic rings. The lowest BCUT2D eigenvalue weighted by Crippen LogP contribution is -2.48. The van der Waals surface area contributed by atoms with Crippen molar-refractivity contribution >= 4 is 112 Å². The van der Waals surface area contributed by atoms with Crippen LogP contribution in [0, 0.1) is 75.6 Å². The van der Waals surface area contributed by atoms with E-state index >= 15 is 0 Å². The molecule has 7 fully saturated rings. The van der Waals surface area contributed by atoms with E-state index in [1.807, 2.05) is 59.8 Å². The molecule has 12 rings (SSSR count). The number of rotatable bonds is 24. The maximum absolute atomic E-state index is 13.3. The highest BCUT2D eigenvalue weighted by Gasteiger charge is 2.37. The van der Waals surface area contributed by atoms with E-state index in [0.717, 1.165) is 123 Å². The molecule has 0 atom stereocenters. The van der Waals surface area contributed by atoms with Gasteiger partial charge in [0.2, 0.25) is 76.6 Å². The number of amides is 4. The van der Waals surface area contributed by atoms with E-state index < -0.39 is 142 Å². The van der Waals surface area contributed by atoms with Crippen LogP contribution in [0.15, 0.2) is 95.9 Å². The van der Waals surface area contributed by atoms with Gasteiger partial charge in [0.05, 0.1) is 71.7 Å². The third-order valence-electron chi connectivity index (χ3n) is 23.0. The first kappa shape index (κ1) is 133. The predicted molar refractivity (Wildman–Crippen MR) is 544 cm³/mol. The molecule has 5 aromatic rings. The highest BCUT2D eigenvalue weighted by atomic mass is 35.5. The van der Waals surface area contributed by atoms with Gasteiger partial charge < -0.3 is 41.1 Å². The summed E-state index contributed by atoms with van der Waals surface area (Å²) in [5.74, 6) is -2.64. The summed E-state index contributed by atoms with van der Waals surface area (Å²) < 4.78 is 294. The van der Waals surface area contributed by atoms with E-state index in [2.05, 4.69) is 49.6 Å². The topological polar surface area (TPSA) is 417 Å². The van der Waals surface area contributed by atoms with Gasteiger partial charge in [-0.05, 0) is 233 Å². The highest BCUT2D eigenvalue weighted by molar-refractivity contribution is 7.90. The lowest BCUT2D eigenvalue weighted by Gasteiger charge is -2.31. The maximum atomic E-state index is 13.3. The zero-order valence-corrected chi connectivity index (χ0v) is 91.8. The Morgan fingerprint density at radius 1 is 0.417 bits per heavy atom. The van der Waals surface area contributed by atoms with Crippen molar-refractivity contribution < 1.29 is 127 Å². The van der Waals surface area contributed by atoms with Gasteiger partial charge in [-0.1, -0.05) is 76.6 Å². The first-order valence-corrected chi connectivity index (χ1v) is 59.1. The molecule has 0 spiro atoms. The van der Waals surface area contributed by atoms with Gasteiger partial charge in [0.25, 0.3) is 17.7 Å². The number of aryl methyl sites for hydroxylation is 5. The largest absolute Gasteiger partial charge is 0.395 e. The van der Waals surface area contributed by atoms with E-state index in [-0.39, 0.29) is 65.5 Å². The summed E-state index contributed by atoms with van der Waals surface area (Å²) in [6, 6.07) is 23.2. The fourth-order valence-electron chi connectivity index (χ4n) is 13.6. The van der Waals surface area contributed by atoms with Gasteiger partial charge in [0, 0.05) is 148 Å². The molecule has 6 aliphatic heterocycles. The number of likely N-dealkylation sites (N-methyl/N-ethyl adjacent to an activating group) is 3. The van der Waals surface area contributed by atoms with Gasteiger partial charge in [0.1, 0.15) is 28.2 Å². The van der Waals surface area contributed by atoms with Gasteiger partial charge in [-0.25, -0.2) is 94.1 Å². The molecule has 6 heterocycles. The van der Waals surface area contributed by atoms with Crippen molar-refractivity contribution in [3.8, 4) is 0 Å². The zero-order chi connectivity index (χ0) is 110. The number of aliphatic hydroxyl groups is 1. The van der Waals surface area contributed by atoms with Crippen molar-refractivity contribution in [3.63, 3.8) is 0 Å². The van der Waals surface area contributed by atoms with Crippen molar-refractivity contribution in [1.29, 1.82) is 0 Å². The monoisotopic (exact) mass is 2210 g/mol. The number of carbonyl (C=O) groups is 4. The van der Waals surface area contributed by atoms with Gasteiger partial charge >= 0.3 is 12.4 Å². The average Bonchev–Trinajstić information content (AvgIpc) is 0.836. The maximum Gasteiger partial charge on any atom is 0.390 e. The average molecular weight is 2220 g/mol. The second kappa shape index (κ2) is 63.7. The molecule has 6 saturated heterocycles. The standard InChI is InChI=1S/C11H12FNO.C10H12FNO2.C9H16F3NO2S.C9H10FNO.C9H19NO2S.C8H8ClNO.C8H15F3N2O2S.C8H10FNO2S.C8H18N2O2S.C7H15NO2S.C6H14N2O2S/c1-7-2-5-9(10(12)6-7)11(14)13-8-3-4-8;1-7-2-3-8(9(11)6-7)10(14)12-4-5-13;1-8-2-5-13(6-3-8)16(14,15)7-4-9(10,11)12;1-6-3-4-7(8(10)5-6)9(12)11-2;1-3-8-13(11,12)10-6-4-9(2)5-7-10;1-6-2-3-7(10-5-11)4-8(6)9;1-12-3-5-13(6-4-12)16(14,15)7-2-8(9,10)11;1-6-3-4-8(7(9)5-6)13(11,12)10-2;1-3-8-13(11,12)10-6-4-9(2)5-7-10;2*1-7-3-5-8(6-4-7)11(2,9)10/h2,5-6,8H,3-4H2,1H3,(H,13,14);2-3,6,13H,4-5H2,1H3,(H,12,14);8H,2-7H2,1H3;3-5H,1-2H3,(H,11,12);9H,3-8H2,1-2H3;2-5H,1H3,(H,10,11);2-7H2,1H3;3-5,10H,1-2H3;3-8H2,1-2H3;7H,3-6H2,1-2H3;3-6H2,1-2H3. The number of piperazine rings is 3. The van der Waals surface area contributed by atoms with Crippen LogP contribution in [0.4, 0.5) is 49.6 Å². The summed E-state index contributed by atoms with van der Waals surface area (Å²) in [5.41, 5.74) is 5.03. The van der Waals surface area contributed by atoms with Crippen LogP contribution >= 0.6 is 11.6 Å². The molecule has 5 aromatic carbocycles. The minimum atomic E-state index is -4.42. The number of aliphatic hydroxyl groups excluding tert-OH is 1. The Morgan fingerprint density at radius 2 is 0.722 bits per heavy atom. The molecule has 6 N–H and O–H groups in total. The third-order valence-corrected chi connectivity index (χ3v) is 35.4. The molecular formula is C93H149ClF10N14O19S7. The van der Waals surface area contributed by atoms with Gasteiger partial charge in [-0.2, -0.15) is 39.3 Å². The molecule has 824 valence electrons. The first-order valence-electron chi connectivity index (χ1n) is 47.1. The number of nitrogens with zero attached hydrogens (tertiary/aromatic N) is 9. The molecule has 0 radical (unpaired) electrons. The Labute approximate surface area is 852 Å². The zero-order valence-electron chi connectivity index (χ0n) is 85.3. The molecular weight excluding hydrogens is 2070 g/mol. The summed E-state index contributed by atoms with van der Waals surface area (Å²) in [5, 5.41) is 19.1. The molecule has 0 unspecified atom stereocenters. The van der Waals surface area contributed by atoms with Crippen LogP contribution in [0.5, 0.6) is 0 Å². The normalized spacial score (nSPS) is 17.3. The van der Waals surface area contributed by atoms with Crippen LogP contribution < -0.4 is 26.0 Å². The van der Waals surface area contributed by atoms with Gasteiger partial charge in [0.15, 0.2) is 0 Å². The number of nitrogens with one attached hydrogen (secondary N) is 5. The number of alkyl halides is 6. The predicted octanol–water partition coefficient (Wildman–Crippen LogP) is 11.5. The second-order valence-corrected chi connectivity index (χ2v) is 50.6. The fraction of sp³-hybridized carbons (Fsp3) is 0.634. The van der Waals surface area contributed by atoms with Crippen LogP contribution in [-0.4, -0.2) is 349 Å². The fourth-order valence-corrected chi connectivity index (χ4v) is 22.3. The molecule has 1 aliphatic carbocycles. The summed E-state index contributed by atoms with van der Waals surface area (Å²) in [7, 11) is -14.3. The Hall–Kier alpha value is -7.22. The van der Waals surface area contributed by atoms with E-state index in [0.29, 0.717) is 119 Å². The minimum absolute atomic E-state index is 0.00375. The lowest BCUT2D eigenvalue weighted by molar-refractivity contribution is -0.130. The third kappa shape index (κ3) is 53.3. The van der Waals surface area contributed by atoms with E-state index in [1.165, 1.54) is 83.7 Å². The number of benzene rings is 5. The Morgan fingerprint density at radius 3 is 1.01 bits per heavy atom.